The number of ether oxygens (including phenoxy) is 2. The average molecular weight is 262 g/mol. The molecule has 0 atom stereocenters. The topological polar surface area (TPSA) is 91.6 Å². The zero-order valence-corrected chi connectivity index (χ0v) is 9.35. The predicted octanol–water partition coefficient (Wildman–Crippen LogP) is 1.72. The number of aromatic nitrogens is 1. The first-order valence-corrected chi connectivity index (χ1v) is 4.51. The zero-order chi connectivity index (χ0) is 13.9. The van der Waals surface area contributed by atoms with E-state index in [4.69, 9.17) is 0 Å². The third-order valence-corrected chi connectivity index (χ3v) is 2.06. The van der Waals surface area contributed by atoms with Crippen LogP contribution >= 0.6 is 0 Å². The Labute approximate surface area is 99.5 Å². The minimum Gasteiger partial charge on any atom is -0.492 e. The van der Waals surface area contributed by atoms with Gasteiger partial charge in [-0.25, -0.2) is 13.6 Å². The molecule has 0 unspecified atom stereocenters. The van der Waals surface area contributed by atoms with Crippen molar-refractivity contribution < 1.29 is 28.0 Å². The Bertz CT molecular complexity index is 492. The molecule has 0 N–H and O–H groups in total. The molecule has 0 spiro atoms. The molecule has 1 heterocycles. The molecule has 0 fully saturated rings. The lowest BCUT2D eigenvalue weighted by atomic mass is 10.1. The maximum Gasteiger partial charge on any atom is 0.373 e. The zero-order valence-electron chi connectivity index (χ0n) is 9.35. The van der Waals surface area contributed by atoms with Crippen molar-refractivity contribution in [2.75, 3.05) is 14.2 Å². The van der Waals surface area contributed by atoms with E-state index >= 15 is 0 Å². The van der Waals surface area contributed by atoms with Crippen molar-refractivity contribution in [3.05, 3.63) is 27.4 Å². The van der Waals surface area contributed by atoms with Crippen LogP contribution < -0.4 is 4.74 Å². The number of pyridine rings is 1. The standard InChI is InChI=1S/C9H8F2N2O5/c1-17-4-3-12-8(13(15)16)6(7(10)11)5(4)9(14)18-2/h3,7H,1-2H3. The highest BCUT2D eigenvalue weighted by Crippen LogP contribution is 2.35. The van der Waals surface area contributed by atoms with Crippen LogP contribution in [0.1, 0.15) is 22.3 Å². The quantitative estimate of drug-likeness (QED) is 0.466. The Hall–Kier alpha value is -2.32. The summed E-state index contributed by atoms with van der Waals surface area (Å²) in [5, 5.41) is 10.6. The van der Waals surface area contributed by atoms with Crippen LogP contribution in [0.3, 0.4) is 0 Å². The van der Waals surface area contributed by atoms with Gasteiger partial charge in [0, 0.05) is 0 Å². The van der Waals surface area contributed by atoms with Crippen LogP contribution in [0.5, 0.6) is 5.75 Å². The van der Waals surface area contributed by atoms with Crippen molar-refractivity contribution in [1.29, 1.82) is 0 Å². The lowest BCUT2D eigenvalue weighted by Crippen LogP contribution is -2.12. The van der Waals surface area contributed by atoms with Gasteiger partial charge in [0.2, 0.25) is 0 Å². The number of carbonyl (C=O) groups is 1. The summed E-state index contributed by atoms with van der Waals surface area (Å²) in [5.74, 6) is -2.58. The average Bonchev–Trinajstić information content (AvgIpc) is 2.35. The normalized spacial score (nSPS) is 10.3. The summed E-state index contributed by atoms with van der Waals surface area (Å²) < 4.78 is 34.7. The lowest BCUT2D eigenvalue weighted by Gasteiger charge is -2.10. The molecule has 9 heteroatoms. The second-order valence-corrected chi connectivity index (χ2v) is 2.99. The molecule has 0 aliphatic rings. The Morgan fingerprint density at radius 1 is 1.50 bits per heavy atom. The molecule has 0 saturated carbocycles. The molecule has 1 rings (SSSR count). The first-order valence-electron chi connectivity index (χ1n) is 4.51. The van der Waals surface area contributed by atoms with E-state index in [2.05, 4.69) is 14.5 Å². The van der Waals surface area contributed by atoms with Crippen LogP contribution in [0.2, 0.25) is 0 Å². The first-order chi connectivity index (χ1) is 8.43. The SMILES string of the molecule is COC(=O)c1c(OC)cnc([N+](=O)[O-])c1C(F)F. The fourth-order valence-corrected chi connectivity index (χ4v) is 1.32. The van der Waals surface area contributed by atoms with Gasteiger partial charge in [-0.1, -0.05) is 0 Å². The summed E-state index contributed by atoms with van der Waals surface area (Å²) in [4.78, 5) is 24.1. The molecule has 0 aliphatic heterocycles. The number of hydrogen-bond acceptors (Lipinski definition) is 6. The van der Waals surface area contributed by atoms with Crippen LogP contribution in [0.25, 0.3) is 0 Å². The summed E-state index contributed by atoms with van der Waals surface area (Å²) in [6.45, 7) is 0. The minimum absolute atomic E-state index is 0.317. The number of rotatable bonds is 4. The van der Waals surface area contributed by atoms with E-state index in [-0.39, 0.29) is 5.75 Å². The Morgan fingerprint density at radius 3 is 2.50 bits per heavy atom. The van der Waals surface area contributed by atoms with E-state index in [9.17, 15) is 23.7 Å². The molecule has 18 heavy (non-hydrogen) atoms. The number of esters is 1. The summed E-state index contributed by atoms with van der Waals surface area (Å²) in [6.07, 6.45) is -2.45. The lowest BCUT2D eigenvalue weighted by molar-refractivity contribution is -0.391. The van der Waals surface area contributed by atoms with Crippen molar-refractivity contribution in [1.82, 2.24) is 4.98 Å². The largest absolute Gasteiger partial charge is 0.492 e. The van der Waals surface area contributed by atoms with Crippen LogP contribution in [0.4, 0.5) is 14.6 Å². The molecule has 0 radical (unpaired) electrons. The maximum absolute atomic E-state index is 12.9. The molecule has 0 bridgehead atoms. The van der Waals surface area contributed by atoms with Crippen molar-refractivity contribution in [2.45, 2.75) is 6.43 Å². The van der Waals surface area contributed by atoms with Crippen LogP contribution in [-0.2, 0) is 4.74 Å². The number of alkyl halides is 2. The van der Waals surface area contributed by atoms with E-state index in [1.54, 1.807) is 0 Å². The minimum atomic E-state index is -3.26. The molecule has 0 aromatic carbocycles. The van der Waals surface area contributed by atoms with Crippen LogP contribution in [-0.4, -0.2) is 30.1 Å². The van der Waals surface area contributed by atoms with Gasteiger partial charge in [0.1, 0.15) is 11.1 Å². The molecule has 7 nitrogen and oxygen atoms in total. The van der Waals surface area contributed by atoms with Gasteiger partial charge in [-0.3, -0.25) is 0 Å². The van der Waals surface area contributed by atoms with Gasteiger partial charge < -0.3 is 19.6 Å². The maximum atomic E-state index is 12.9. The van der Waals surface area contributed by atoms with Crippen LogP contribution in [0.15, 0.2) is 6.20 Å². The van der Waals surface area contributed by atoms with Gasteiger partial charge in [-0.05, 0) is 9.91 Å². The van der Waals surface area contributed by atoms with Gasteiger partial charge in [0.25, 0.3) is 6.43 Å². The fraction of sp³-hybridized carbons (Fsp3) is 0.333. The smallest absolute Gasteiger partial charge is 0.373 e. The third-order valence-electron chi connectivity index (χ3n) is 2.06. The van der Waals surface area contributed by atoms with Gasteiger partial charge in [-0.2, -0.15) is 0 Å². The number of nitrogens with zero attached hydrogens (tertiary/aromatic N) is 2. The number of hydrogen-bond donors (Lipinski definition) is 0. The summed E-state index contributed by atoms with van der Waals surface area (Å²) in [5.41, 5.74) is -1.82. The second-order valence-electron chi connectivity index (χ2n) is 2.99. The molecule has 1 aromatic rings. The van der Waals surface area contributed by atoms with Crippen molar-refractivity contribution in [3.63, 3.8) is 0 Å². The highest BCUT2D eigenvalue weighted by molar-refractivity contribution is 5.95. The molecule has 98 valence electrons. The second kappa shape index (κ2) is 5.34. The predicted molar refractivity (Wildman–Crippen MR) is 53.7 cm³/mol. The van der Waals surface area contributed by atoms with E-state index < -0.39 is 34.3 Å². The van der Waals surface area contributed by atoms with Gasteiger partial charge in [0.15, 0.2) is 11.9 Å². The molecular weight excluding hydrogens is 254 g/mol. The summed E-state index contributed by atoms with van der Waals surface area (Å²) in [7, 11) is 2.08. The van der Waals surface area contributed by atoms with Crippen LogP contribution in [0, 0.1) is 10.1 Å². The number of halogens is 2. The van der Waals surface area contributed by atoms with E-state index in [0.717, 1.165) is 20.4 Å². The highest BCUT2D eigenvalue weighted by Gasteiger charge is 2.34. The molecule has 0 saturated heterocycles. The van der Waals surface area contributed by atoms with Gasteiger partial charge >= 0.3 is 11.8 Å². The van der Waals surface area contributed by atoms with E-state index in [1.165, 1.54) is 0 Å². The third kappa shape index (κ3) is 2.34. The molecule has 1 aromatic heterocycles. The number of carbonyl (C=O) groups excluding carboxylic acids is 1. The first kappa shape index (κ1) is 13.7. The molecule has 0 amide bonds. The van der Waals surface area contributed by atoms with E-state index in [0.29, 0.717) is 0 Å². The monoisotopic (exact) mass is 262 g/mol. The van der Waals surface area contributed by atoms with Gasteiger partial charge in [0.05, 0.1) is 14.2 Å². The van der Waals surface area contributed by atoms with Crippen molar-refractivity contribution in [3.8, 4) is 5.75 Å². The Morgan fingerprint density at radius 2 is 2.11 bits per heavy atom. The Balaban J connectivity index is 3.64. The molecular formula is C9H8F2N2O5. The van der Waals surface area contributed by atoms with Crippen molar-refractivity contribution in [2.24, 2.45) is 0 Å². The van der Waals surface area contributed by atoms with Gasteiger partial charge in [-0.15, -0.1) is 0 Å². The number of methoxy groups -OCH3 is 2. The van der Waals surface area contributed by atoms with E-state index in [1.807, 2.05) is 0 Å². The fourth-order valence-electron chi connectivity index (χ4n) is 1.32. The highest BCUT2D eigenvalue weighted by atomic mass is 19.3. The summed E-state index contributed by atoms with van der Waals surface area (Å²) >= 11 is 0. The van der Waals surface area contributed by atoms with Crippen molar-refractivity contribution >= 4 is 11.8 Å². The Kier molecular flexibility index (Phi) is 4.08. The summed E-state index contributed by atoms with van der Waals surface area (Å²) in [6, 6.07) is 0. The number of nitro groups is 1. The molecule has 0 aliphatic carbocycles.